The fraction of sp³-hybridized carbons (Fsp3) is 0.0476. The van der Waals surface area contributed by atoms with Gasteiger partial charge in [-0.2, -0.15) is 0 Å². The Morgan fingerprint density at radius 2 is 0.915 bits per heavy atom. The number of fused-ring (bicyclic) bond motifs is 8. The number of benzene rings is 7. The van der Waals surface area contributed by atoms with E-state index in [1.807, 2.05) is 29.6 Å². The SMILES string of the molecule is Cc1ccc2c(c1)Sc1cc(C)ccc1N2c1cccc2c(N3c4ccccc4Sc4cc5c(cc43)oc3ccccc35)cccc12. The zero-order chi connectivity index (χ0) is 31.2. The Morgan fingerprint density at radius 1 is 0.383 bits per heavy atom. The van der Waals surface area contributed by atoms with E-state index in [1.54, 1.807) is 0 Å². The maximum Gasteiger partial charge on any atom is 0.137 e. The van der Waals surface area contributed by atoms with Crippen LogP contribution in [0, 0.1) is 13.8 Å². The summed E-state index contributed by atoms with van der Waals surface area (Å²) >= 11 is 3.70. The van der Waals surface area contributed by atoms with Crippen LogP contribution in [-0.4, -0.2) is 0 Å². The van der Waals surface area contributed by atoms with Crippen molar-refractivity contribution in [3.05, 3.63) is 145 Å². The molecule has 7 aromatic carbocycles. The highest BCUT2D eigenvalue weighted by Gasteiger charge is 2.30. The maximum absolute atomic E-state index is 6.42. The topological polar surface area (TPSA) is 19.6 Å². The average molecular weight is 641 g/mol. The highest BCUT2D eigenvalue weighted by atomic mass is 32.2. The third kappa shape index (κ3) is 4.10. The summed E-state index contributed by atoms with van der Waals surface area (Å²) in [4.78, 5) is 9.90. The molecule has 0 amide bonds. The molecule has 47 heavy (non-hydrogen) atoms. The molecule has 0 saturated carbocycles. The Kier molecular flexibility index (Phi) is 5.87. The minimum absolute atomic E-state index is 0.903. The van der Waals surface area contributed by atoms with Crippen molar-refractivity contribution in [2.75, 3.05) is 9.80 Å². The second kappa shape index (κ2) is 10.2. The third-order valence-corrected chi connectivity index (χ3v) is 11.5. The molecule has 2 aliphatic heterocycles. The molecule has 0 saturated heterocycles. The molecule has 1 aromatic heterocycles. The van der Waals surface area contributed by atoms with Gasteiger partial charge in [0.15, 0.2) is 0 Å². The van der Waals surface area contributed by atoms with Gasteiger partial charge in [0.2, 0.25) is 0 Å². The molecule has 3 heterocycles. The van der Waals surface area contributed by atoms with E-state index in [-0.39, 0.29) is 0 Å². The van der Waals surface area contributed by atoms with Crippen LogP contribution in [0.25, 0.3) is 32.7 Å². The first-order valence-electron chi connectivity index (χ1n) is 15.8. The lowest BCUT2D eigenvalue weighted by atomic mass is 10.0. The highest BCUT2D eigenvalue weighted by molar-refractivity contribution is 8.00. The minimum Gasteiger partial charge on any atom is -0.456 e. The number of rotatable bonds is 2. The molecule has 3 nitrogen and oxygen atoms in total. The summed E-state index contributed by atoms with van der Waals surface area (Å²) in [6, 6.07) is 48.7. The Bertz CT molecular complexity index is 2530. The van der Waals surface area contributed by atoms with Crippen LogP contribution in [0.15, 0.2) is 157 Å². The van der Waals surface area contributed by atoms with Crippen LogP contribution in [0.2, 0.25) is 0 Å². The number of nitrogens with zero attached hydrogens (tertiary/aromatic N) is 2. The fourth-order valence-electron chi connectivity index (χ4n) is 7.18. The molecule has 0 fully saturated rings. The van der Waals surface area contributed by atoms with E-state index >= 15 is 0 Å². The molecule has 0 unspecified atom stereocenters. The monoisotopic (exact) mass is 640 g/mol. The molecule has 5 heteroatoms. The van der Waals surface area contributed by atoms with Gasteiger partial charge in [-0.25, -0.2) is 0 Å². The molecule has 224 valence electrons. The number of hydrogen-bond donors (Lipinski definition) is 0. The maximum atomic E-state index is 6.42. The zero-order valence-corrected chi connectivity index (χ0v) is 27.5. The van der Waals surface area contributed by atoms with E-state index in [9.17, 15) is 0 Å². The first-order valence-corrected chi connectivity index (χ1v) is 17.5. The van der Waals surface area contributed by atoms with Crippen LogP contribution in [0.3, 0.4) is 0 Å². The number of aryl methyl sites for hydroxylation is 2. The summed E-state index contributed by atoms with van der Waals surface area (Å²) in [5.41, 5.74) is 11.4. The fourth-order valence-corrected chi connectivity index (χ4v) is 9.52. The Morgan fingerprint density at radius 3 is 1.64 bits per heavy atom. The zero-order valence-electron chi connectivity index (χ0n) is 25.8. The van der Waals surface area contributed by atoms with Crippen molar-refractivity contribution >= 4 is 90.4 Å². The molecule has 0 spiro atoms. The lowest BCUT2D eigenvalue weighted by Gasteiger charge is -2.35. The molecule has 0 atom stereocenters. The van der Waals surface area contributed by atoms with E-state index in [2.05, 4.69) is 151 Å². The molecule has 8 aromatic rings. The number of hydrogen-bond acceptors (Lipinski definition) is 5. The Hall–Kier alpha value is -5.10. The predicted octanol–water partition coefficient (Wildman–Crippen LogP) is 13.2. The molecule has 2 aliphatic rings. The average Bonchev–Trinajstić information content (AvgIpc) is 3.45. The largest absolute Gasteiger partial charge is 0.456 e. The summed E-state index contributed by atoms with van der Waals surface area (Å²) in [5.74, 6) is 0. The highest BCUT2D eigenvalue weighted by Crippen LogP contribution is 2.56. The molecule has 0 aliphatic carbocycles. The van der Waals surface area contributed by atoms with Crippen LogP contribution >= 0.6 is 23.5 Å². The molecular formula is C42H28N2OS2. The van der Waals surface area contributed by atoms with Gasteiger partial charge in [-0.1, -0.05) is 90.3 Å². The molecule has 0 bridgehead atoms. The summed E-state index contributed by atoms with van der Waals surface area (Å²) < 4.78 is 6.42. The third-order valence-electron chi connectivity index (χ3n) is 9.32. The van der Waals surface area contributed by atoms with Crippen LogP contribution in [-0.2, 0) is 0 Å². The quantitative estimate of drug-likeness (QED) is 0.187. The normalized spacial score (nSPS) is 13.5. The lowest BCUT2D eigenvalue weighted by Crippen LogP contribution is -2.17. The van der Waals surface area contributed by atoms with Gasteiger partial charge in [-0.3, -0.25) is 0 Å². The summed E-state index contributed by atoms with van der Waals surface area (Å²) in [5, 5.41) is 4.70. The van der Waals surface area contributed by atoms with Crippen molar-refractivity contribution in [2.45, 2.75) is 33.4 Å². The summed E-state index contributed by atoms with van der Waals surface area (Å²) in [6.45, 7) is 4.35. The second-order valence-electron chi connectivity index (χ2n) is 12.3. The van der Waals surface area contributed by atoms with E-state index in [0.29, 0.717) is 0 Å². The first-order chi connectivity index (χ1) is 23.1. The standard InChI is InChI=1S/C42H28N2OS2/c1-25-17-19-34-40(21-25)47-41-22-26(2)18-20-35(41)43(34)31-13-7-11-28-27(31)10-8-14-32(28)44-33-12-4-6-16-39(33)46-42-23-30-29-9-3-5-15-37(29)45-38(30)24-36(42)44/h3-24H,1-2H3. The van der Waals surface area contributed by atoms with E-state index in [1.165, 1.54) is 64.2 Å². The van der Waals surface area contributed by atoms with Crippen molar-refractivity contribution in [3.8, 4) is 0 Å². The van der Waals surface area contributed by atoms with Gasteiger partial charge in [-0.15, -0.1) is 0 Å². The van der Waals surface area contributed by atoms with Crippen LogP contribution in [0.4, 0.5) is 34.1 Å². The number of para-hydroxylation sites is 2. The summed E-state index contributed by atoms with van der Waals surface area (Å²) in [7, 11) is 0. The smallest absolute Gasteiger partial charge is 0.137 e. The van der Waals surface area contributed by atoms with E-state index in [0.717, 1.165) is 33.3 Å². The first kappa shape index (κ1) is 27.1. The summed E-state index contributed by atoms with van der Waals surface area (Å²) in [6.07, 6.45) is 0. The number of furan rings is 1. The molecular weight excluding hydrogens is 613 g/mol. The van der Waals surface area contributed by atoms with Gasteiger partial charge in [0, 0.05) is 47.2 Å². The molecule has 0 N–H and O–H groups in total. The van der Waals surface area contributed by atoms with Crippen LogP contribution in [0.1, 0.15) is 11.1 Å². The van der Waals surface area contributed by atoms with Gasteiger partial charge in [0.25, 0.3) is 0 Å². The Balaban J connectivity index is 1.22. The number of anilines is 6. The minimum atomic E-state index is 0.903. The Labute approximate surface area is 281 Å². The van der Waals surface area contributed by atoms with Crippen LogP contribution in [0.5, 0.6) is 0 Å². The lowest BCUT2D eigenvalue weighted by molar-refractivity contribution is 0.668. The van der Waals surface area contributed by atoms with E-state index < -0.39 is 0 Å². The van der Waals surface area contributed by atoms with Crippen LogP contribution < -0.4 is 9.80 Å². The second-order valence-corrected chi connectivity index (χ2v) is 14.5. The van der Waals surface area contributed by atoms with Crippen molar-refractivity contribution in [1.82, 2.24) is 0 Å². The van der Waals surface area contributed by atoms with E-state index in [4.69, 9.17) is 4.42 Å². The van der Waals surface area contributed by atoms with Crippen molar-refractivity contribution < 1.29 is 4.42 Å². The predicted molar refractivity (Wildman–Crippen MR) is 198 cm³/mol. The van der Waals surface area contributed by atoms with Gasteiger partial charge in [0.1, 0.15) is 11.2 Å². The molecule has 0 radical (unpaired) electrons. The van der Waals surface area contributed by atoms with Crippen molar-refractivity contribution in [2.24, 2.45) is 0 Å². The van der Waals surface area contributed by atoms with Crippen molar-refractivity contribution in [3.63, 3.8) is 0 Å². The van der Waals surface area contributed by atoms with Gasteiger partial charge >= 0.3 is 0 Å². The van der Waals surface area contributed by atoms with Gasteiger partial charge in [-0.05, 0) is 85.6 Å². The van der Waals surface area contributed by atoms with Gasteiger partial charge in [0.05, 0.1) is 34.1 Å². The molecule has 10 rings (SSSR count). The van der Waals surface area contributed by atoms with Gasteiger partial charge < -0.3 is 14.2 Å². The van der Waals surface area contributed by atoms with Crippen molar-refractivity contribution in [1.29, 1.82) is 0 Å².